The van der Waals surface area contributed by atoms with Crippen molar-refractivity contribution in [1.29, 1.82) is 0 Å². The molecule has 1 unspecified atom stereocenters. The molecule has 3 rings (SSSR count). The third-order valence-electron chi connectivity index (χ3n) is 3.34. The molecule has 84 valence electrons. The second-order valence-corrected chi connectivity index (χ2v) is 5.05. The van der Waals surface area contributed by atoms with E-state index in [0.717, 1.165) is 34.8 Å². The first-order valence-electron chi connectivity index (χ1n) is 5.58. The van der Waals surface area contributed by atoms with E-state index in [1.807, 2.05) is 18.2 Å². The number of benzene rings is 1. The number of hydrogen-bond donors (Lipinski definition) is 2. The molecule has 2 N–H and O–H groups in total. The van der Waals surface area contributed by atoms with Gasteiger partial charge in [0, 0.05) is 5.02 Å². The van der Waals surface area contributed by atoms with Crippen molar-refractivity contribution >= 4 is 22.6 Å². The molecule has 1 fully saturated rings. The summed E-state index contributed by atoms with van der Waals surface area (Å²) in [6.07, 6.45) is 2.33. The van der Waals surface area contributed by atoms with Gasteiger partial charge in [-0.2, -0.15) is 0 Å². The number of aromatic nitrogens is 2. The minimum atomic E-state index is -0.00844. The van der Waals surface area contributed by atoms with E-state index in [0.29, 0.717) is 0 Å². The number of halogens is 1. The second-order valence-electron chi connectivity index (χ2n) is 4.61. The van der Waals surface area contributed by atoms with Gasteiger partial charge in [0.25, 0.3) is 0 Å². The summed E-state index contributed by atoms with van der Waals surface area (Å²) in [7, 11) is 0. The predicted molar refractivity (Wildman–Crippen MR) is 65.7 cm³/mol. The van der Waals surface area contributed by atoms with Gasteiger partial charge in [-0.1, -0.05) is 11.6 Å². The Hall–Kier alpha value is -1.06. The summed E-state index contributed by atoms with van der Waals surface area (Å²) >= 11 is 5.96. The first kappa shape index (κ1) is 10.1. The zero-order chi connectivity index (χ0) is 11.2. The molecule has 0 spiro atoms. The molecule has 1 saturated heterocycles. The number of imidazole rings is 1. The zero-order valence-electron chi connectivity index (χ0n) is 9.18. The van der Waals surface area contributed by atoms with E-state index in [4.69, 9.17) is 11.6 Å². The Balaban J connectivity index is 2.11. The van der Waals surface area contributed by atoms with Crippen molar-refractivity contribution < 1.29 is 0 Å². The van der Waals surface area contributed by atoms with Crippen molar-refractivity contribution in [3.05, 3.63) is 29.0 Å². The standard InChI is InChI=1S/C12H14ClN3/c1-12(5-2-6-14-12)11-15-9-4-3-8(13)7-10(9)16-11/h3-4,7,14H,2,5-6H2,1H3,(H,15,16). The highest BCUT2D eigenvalue weighted by Gasteiger charge is 2.32. The smallest absolute Gasteiger partial charge is 0.127 e. The van der Waals surface area contributed by atoms with Gasteiger partial charge >= 0.3 is 0 Å². The SMILES string of the molecule is CC1(c2nc3ccc(Cl)cc3[nH]2)CCCN1. The largest absolute Gasteiger partial charge is 0.340 e. The molecule has 0 bridgehead atoms. The topological polar surface area (TPSA) is 40.7 Å². The first-order chi connectivity index (χ1) is 7.67. The van der Waals surface area contributed by atoms with E-state index < -0.39 is 0 Å². The molecular formula is C12H14ClN3. The molecule has 0 aliphatic carbocycles. The predicted octanol–water partition coefficient (Wildman–Crippen LogP) is 2.81. The highest BCUT2D eigenvalue weighted by molar-refractivity contribution is 6.31. The summed E-state index contributed by atoms with van der Waals surface area (Å²) in [5.74, 6) is 1.02. The zero-order valence-corrected chi connectivity index (χ0v) is 9.93. The lowest BCUT2D eigenvalue weighted by molar-refractivity contribution is 0.412. The fraction of sp³-hybridized carbons (Fsp3) is 0.417. The molecular weight excluding hydrogens is 222 g/mol. The van der Waals surface area contributed by atoms with Gasteiger partial charge in [0.05, 0.1) is 16.6 Å². The summed E-state index contributed by atoms with van der Waals surface area (Å²) in [6, 6.07) is 5.75. The van der Waals surface area contributed by atoms with Gasteiger partial charge in [-0.3, -0.25) is 0 Å². The van der Waals surface area contributed by atoms with Crippen LogP contribution < -0.4 is 5.32 Å². The van der Waals surface area contributed by atoms with E-state index in [1.54, 1.807) is 0 Å². The van der Waals surface area contributed by atoms with Gasteiger partial charge in [-0.05, 0) is 44.5 Å². The summed E-state index contributed by atoms with van der Waals surface area (Å²) < 4.78 is 0. The quantitative estimate of drug-likeness (QED) is 0.798. The van der Waals surface area contributed by atoms with Gasteiger partial charge in [0.1, 0.15) is 5.82 Å². The van der Waals surface area contributed by atoms with Crippen molar-refractivity contribution in [3.63, 3.8) is 0 Å². The van der Waals surface area contributed by atoms with Crippen LogP contribution in [-0.4, -0.2) is 16.5 Å². The van der Waals surface area contributed by atoms with Crippen molar-refractivity contribution in [2.45, 2.75) is 25.3 Å². The summed E-state index contributed by atoms with van der Waals surface area (Å²) in [4.78, 5) is 7.99. The summed E-state index contributed by atoms with van der Waals surface area (Å²) in [5.41, 5.74) is 1.98. The van der Waals surface area contributed by atoms with Gasteiger partial charge in [0.15, 0.2) is 0 Å². The van der Waals surface area contributed by atoms with Crippen molar-refractivity contribution in [3.8, 4) is 0 Å². The molecule has 1 aliphatic heterocycles. The molecule has 0 radical (unpaired) electrons. The third-order valence-corrected chi connectivity index (χ3v) is 3.57. The average Bonchev–Trinajstić information content (AvgIpc) is 2.84. The summed E-state index contributed by atoms with van der Waals surface area (Å²) in [5, 5.41) is 4.24. The number of aromatic amines is 1. The lowest BCUT2D eigenvalue weighted by Gasteiger charge is -2.21. The number of hydrogen-bond acceptors (Lipinski definition) is 2. The lowest BCUT2D eigenvalue weighted by Crippen LogP contribution is -2.34. The molecule has 2 heterocycles. The molecule has 1 aromatic carbocycles. The Bertz CT molecular complexity index is 526. The molecule has 4 heteroatoms. The Morgan fingerprint density at radius 1 is 1.44 bits per heavy atom. The van der Waals surface area contributed by atoms with E-state index in [9.17, 15) is 0 Å². The highest BCUT2D eigenvalue weighted by Crippen LogP contribution is 2.30. The van der Waals surface area contributed by atoms with Crippen LogP contribution in [-0.2, 0) is 5.54 Å². The molecule has 1 atom stereocenters. The van der Waals surface area contributed by atoms with Crippen LogP contribution in [0.15, 0.2) is 18.2 Å². The van der Waals surface area contributed by atoms with Crippen molar-refractivity contribution in [2.24, 2.45) is 0 Å². The highest BCUT2D eigenvalue weighted by atomic mass is 35.5. The molecule has 1 aliphatic rings. The van der Waals surface area contributed by atoms with Gasteiger partial charge in [-0.15, -0.1) is 0 Å². The Morgan fingerprint density at radius 3 is 3.06 bits per heavy atom. The van der Waals surface area contributed by atoms with Crippen LogP contribution in [0, 0.1) is 0 Å². The Kier molecular flexibility index (Phi) is 2.19. The minimum Gasteiger partial charge on any atom is -0.340 e. The van der Waals surface area contributed by atoms with Crippen LogP contribution in [0.3, 0.4) is 0 Å². The van der Waals surface area contributed by atoms with E-state index >= 15 is 0 Å². The number of nitrogens with zero attached hydrogens (tertiary/aromatic N) is 1. The fourth-order valence-electron chi connectivity index (χ4n) is 2.34. The van der Waals surface area contributed by atoms with Gasteiger partial charge in [0.2, 0.25) is 0 Å². The third kappa shape index (κ3) is 1.51. The van der Waals surface area contributed by atoms with E-state index in [-0.39, 0.29) is 5.54 Å². The normalized spacial score (nSPS) is 25.4. The monoisotopic (exact) mass is 235 g/mol. The van der Waals surface area contributed by atoms with Crippen LogP contribution in [0.5, 0.6) is 0 Å². The number of rotatable bonds is 1. The first-order valence-corrected chi connectivity index (χ1v) is 5.96. The molecule has 0 saturated carbocycles. The van der Waals surface area contributed by atoms with Gasteiger partial charge in [-0.25, -0.2) is 4.98 Å². The maximum atomic E-state index is 5.96. The van der Waals surface area contributed by atoms with E-state index in [2.05, 4.69) is 22.2 Å². The van der Waals surface area contributed by atoms with Crippen LogP contribution in [0.25, 0.3) is 11.0 Å². The van der Waals surface area contributed by atoms with E-state index in [1.165, 1.54) is 6.42 Å². The van der Waals surface area contributed by atoms with Crippen molar-refractivity contribution in [2.75, 3.05) is 6.54 Å². The fourth-order valence-corrected chi connectivity index (χ4v) is 2.51. The molecule has 1 aromatic heterocycles. The average molecular weight is 236 g/mol. The maximum absolute atomic E-state index is 5.96. The molecule has 2 aromatic rings. The van der Waals surface area contributed by atoms with Crippen molar-refractivity contribution in [1.82, 2.24) is 15.3 Å². The van der Waals surface area contributed by atoms with Crippen LogP contribution in [0.1, 0.15) is 25.6 Å². The number of nitrogens with one attached hydrogen (secondary N) is 2. The van der Waals surface area contributed by atoms with Crippen LogP contribution >= 0.6 is 11.6 Å². The summed E-state index contributed by atoms with van der Waals surface area (Å²) in [6.45, 7) is 3.26. The minimum absolute atomic E-state index is 0.00844. The van der Waals surface area contributed by atoms with Gasteiger partial charge < -0.3 is 10.3 Å². The molecule has 3 nitrogen and oxygen atoms in total. The maximum Gasteiger partial charge on any atom is 0.127 e. The van der Waals surface area contributed by atoms with Crippen LogP contribution in [0.4, 0.5) is 0 Å². The molecule has 16 heavy (non-hydrogen) atoms. The molecule has 0 amide bonds. The lowest BCUT2D eigenvalue weighted by atomic mass is 10.00. The second kappa shape index (κ2) is 3.47. The Morgan fingerprint density at radius 2 is 2.31 bits per heavy atom. The Labute approximate surface area is 99.2 Å². The number of fused-ring (bicyclic) bond motifs is 1. The number of H-pyrrole nitrogens is 1. The van der Waals surface area contributed by atoms with Crippen LogP contribution in [0.2, 0.25) is 5.02 Å².